The zero-order chi connectivity index (χ0) is 18.0. The molecule has 0 radical (unpaired) electrons. The van der Waals surface area contributed by atoms with E-state index >= 15 is 0 Å². The molecule has 1 aromatic rings. The van der Waals surface area contributed by atoms with Gasteiger partial charge in [0, 0.05) is 26.3 Å². The van der Waals surface area contributed by atoms with Crippen molar-refractivity contribution in [3.8, 4) is 0 Å². The van der Waals surface area contributed by atoms with Gasteiger partial charge in [0.2, 0.25) is 11.8 Å². The molecule has 2 fully saturated rings. The third-order valence-electron chi connectivity index (χ3n) is 5.11. The van der Waals surface area contributed by atoms with E-state index in [1.54, 1.807) is 0 Å². The molecule has 0 aliphatic carbocycles. The normalized spacial score (nSPS) is 26.8. The molecule has 1 aromatic carbocycles. The van der Waals surface area contributed by atoms with Crippen molar-refractivity contribution in [2.24, 2.45) is 5.92 Å². The molecule has 0 saturated carbocycles. The van der Waals surface area contributed by atoms with Crippen molar-refractivity contribution in [3.63, 3.8) is 0 Å². The molecule has 2 heterocycles. The van der Waals surface area contributed by atoms with Gasteiger partial charge < -0.3 is 10.2 Å². The molecule has 0 aromatic heterocycles. The summed E-state index contributed by atoms with van der Waals surface area (Å²) in [7, 11) is 0. The zero-order valence-corrected chi connectivity index (χ0v) is 14.3. The first-order chi connectivity index (χ1) is 12.0. The molecular formula is C18H23FN3O3+. The van der Waals surface area contributed by atoms with Gasteiger partial charge in [0.1, 0.15) is 5.82 Å². The Hall–Kier alpha value is -2.28. The molecule has 2 N–H and O–H groups in total. The average Bonchev–Trinajstić information content (AvgIpc) is 2.89. The monoisotopic (exact) mass is 348 g/mol. The molecule has 7 heteroatoms. The van der Waals surface area contributed by atoms with Crippen LogP contribution in [0.2, 0.25) is 0 Å². The van der Waals surface area contributed by atoms with Gasteiger partial charge >= 0.3 is 0 Å². The molecule has 0 bridgehead atoms. The topological polar surface area (TPSA) is 70.9 Å². The number of piperidine rings is 1. The van der Waals surface area contributed by atoms with Gasteiger partial charge in [-0.15, -0.1) is 0 Å². The van der Waals surface area contributed by atoms with Gasteiger partial charge in [0.25, 0.3) is 5.91 Å². The van der Waals surface area contributed by atoms with Crippen molar-refractivity contribution in [1.29, 1.82) is 0 Å². The highest BCUT2D eigenvalue weighted by Crippen LogP contribution is 2.22. The number of imide groups is 1. The van der Waals surface area contributed by atoms with Gasteiger partial charge in [0.15, 0.2) is 6.04 Å². The van der Waals surface area contributed by atoms with Crippen LogP contribution in [0.5, 0.6) is 0 Å². The minimum absolute atomic E-state index is 0.0266. The predicted molar refractivity (Wildman–Crippen MR) is 89.4 cm³/mol. The number of carbonyl (C=O) groups excluding carboxylic acids is 3. The highest BCUT2D eigenvalue weighted by atomic mass is 19.1. The number of nitrogens with one attached hydrogen (secondary N) is 2. The second kappa shape index (κ2) is 7.31. The average molecular weight is 348 g/mol. The van der Waals surface area contributed by atoms with Crippen LogP contribution in [0.3, 0.4) is 0 Å². The van der Waals surface area contributed by atoms with Crippen molar-refractivity contribution in [2.45, 2.75) is 32.2 Å². The number of likely N-dealkylation sites (tertiary alicyclic amines) is 1. The molecule has 6 nitrogen and oxygen atoms in total. The summed E-state index contributed by atoms with van der Waals surface area (Å²) in [6, 6.07) is 5.07. The summed E-state index contributed by atoms with van der Waals surface area (Å²) < 4.78 is 13.1. The van der Waals surface area contributed by atoms with Crippen LogP contribution in [0.25, 0.3) is 0 Å². The quantitative estimate of drug-likeness (QED) is 0.746. The van der Waals surface area contributed by atoms with E-state index in [1.165, 1.54) is 36.1 Å². The molecule has 2 saturated heterocycles. The smallest absolute Gasteiger partial charge is 0.292 e. The fourth-order valence-corrected chi connectivity index (χ4v) is 3.70. The maximum absolute atomic E-state index is 13.1. The van der Waals surface area contributed by atoms with Crippen LogP contribution in [0.1, 0.15) is 26.2 Å². The van der Waals surface area contributed by atoms with Crippen molar-refractivity contribution in [1.82, 2.24) is 5.32 Å². The van der Waals surface area contributed by atoms with Crippen LogP contribution in [-0.2, 0) is 14.4 Å². The molecular weight excluding hydrogens is 325 g/mol. The van der Waals surface area contributed by atoms with Gasteiger partial charge in [-0.3, -0.25) is 14.4 Å². The zero-order valence-electron chi connectivity index (χ0n) is 14.3. The van der Waals surface area contributed by atoms with E-state index < -0.39 is 5.82 Å². The highest BCUT2D eigenvalue weighted by Gasteiger charge is 2.46. The van der Waals surface area contributed by atoms with Crippen LogP contribution in [-0.4, -0.2) is 43.4 Å². The molecule has 1 atom stereocenters. The minimum Gasteiger partial charge on any atom is -0.356 e. The summed E-state index contributed by atoms with van der Waals surface area (Å²) >= 11 is 0. The Morgan fingerprint density at radius 2 is 1.88 bits per heavy atom. The van der Waals surface area contributed by atoms with E-state index in [-0.39, 0.29) is 30.2 Å². The van der Waals surface area contributed by atoms with Gasteiger partial charge in [-0.25, -0.2) is 9.29 Å². The van der Waals surface area contributed by atoms with Gasteiger partial charge in [0.05, 0.1) is 25.2 Å². The number of hydrogen-bond acceptors (Lipinski definition) is 3. The molecule has 2 aliphatic rings. The van der Waals surface area contributed by atoms with Crippen molar-refractivity contribution < 1.29 is 23.7 Å². The summed E-state index contributed by atoms with van der Waals surface area (Å²) in [5, 5.41) is 2.84. The Labute approximate surface area is 146 Å². The second-order valence-electron chi connectivity index (χ2n) is 6.84. The molecule has 0 spiro atoms. The van der Waals surface area contributed by atoms with E-state index in [9.17, 15) is 18.8 Å². The Morgan fingerprint density at radius 3 is 2.48 bits per heavy atom. The number of benzene rings is 1. The van der Waals surface area contributed by atoms with Crippen LogP contribution >= 0.6 is 0 Å². The Kier molecular flexibility index (Phi) is 5.13. The van der Waals surface area contributed by atoms with Gasteiger partial charge in [-0.05, 0) is 30.2 Å². The fourth-order valence-electron chi connectivity index (χ4n) is 3.70. The first-order valence-corrected chi connectivity index (χ1v) is 8.67. The summed E-state index contributed by atoms with van der Waals surface area (Å²) in [6.07, 6.45) is 2.04. The Bertz CT molecular complexity index is 669. The maximum atomic E-state index is 13.1. The summed E-state index contributed by atoms with van der Waals surface area (Å²) in [6.45, 7) is 3.80. The highest BCUT2D eigenvalue weighted by molar-refractivity contribution is 6.21. The third kappa shape index (κ3) is 3.87. The number of halogens is 1. The first kappa shape index (κ1) is 17.5. The molecule has 2 aliphatic heterocycles. The van der Waals surface area contributed by atoms with E-state index in [0.717, 1.165) is 30.8 Å². The van der Waals surface area contributed by atoms with Crippen molar-refractivity contribution >= 4 is 23.4 Å². The molecule has 3 rings (SSSR count). The lowest BCUT2D eigenvalue weighted by molar-refractivity contribution is -0.920. The largest absolute Gasteiger partial charge is 0.356 e. The van der Waals surface area contributed by atoms with E-state index in [2.05, 4.69) is 5.32 Å². The van der Waals surface area contributed by atoms with Crippen molar-refractivity contribution in [2.75, 3.05) is 24.5 Å². The standard InChI is InChI=1S/C18H22FN3O3/c1-12(23)20-11-13-6-8-21(9-7-13)16-10-17(24)22(18(16)25)15-4-2-14(19)3-5-15/h2-5,13,16H,6-11H2,1H3,(H,20,23)/p+1/t16-/m0/s1. The molecule has 134 valence electrons. The van der Waals surface area contributed by atoms with E-state index in [1.807, 2.05) is 0 Å². The van der Waals surface area contributed by atoms with Gasteiger partial charge in [-0.1, -0.05) is 0 Å². The maximum Gasteiger partial charge on any atom is 0.292 e. The van der Waals surface area contributed by atoms with Crippen LogP contribution < -0.4 is 15.1 Å². The summed E-state index contributed by atoms with van der Waals surface area (Å²) in [5.74, 6) is -0.429. The predicted octanol–water partition coefficient (Wildman–Crippen LogP) is -0.111. The Morgan fingerprint density at radius 1 is 1.24 bits per heavy atom. The SMILES string of the molecule is CC(=O)NCC1CC[NH+]([C@H]2CC(=O)N(c3ccc(F)cc3)C2=O)CC1. The summed E-state index contributed by atoms with van der Waals surface area (Å²) in [4.78, 5) is 38.4. The van der Waals surface area contributed by atoms with E-state index in [0.29, 0.717) is 18.2 Å². The Balaban J connectivity index is 1.61. The number of rotatable bonds is 4. The lowest BCUT2D eigenvalue weighted by atomic mass is 9.95. The van der Waals surface area contributed by atoms with Crippen molar-refractivity contribution in [3.05, 3.63) is 30.1 Å². The third-order valence-corrected chi connectivity index (χ3v) is 5.11. The summed E-state index contributed by atoms with van der Waals surface area (Å²) in [5.41, 5.74) is 0.429. The number of nitrogens with zero attached hydrogens (tertiary/aromatic N) is 1. The van der Waals surface area contributed by atoms with Crippen LogP contribution in [0.4, 0.5) is 10.1 Å². The van der Waals surface area contributed by atoms with Gasteiger partial charge in [-0.2, -0.15) is 0 Å². The van der Waals surface area contributed by atoms with Crippen LogP contribution in [0.15, 0.2) is 24.3 Å². The molecule has 25 heavy (non-hydrogen) atoms. The number of carbonyl (C=O) groups is 3. The molecule has 0 unspecified atom stereocenters. The second-order valence-corrected chi connectivity index (χ2v) is 6.84. The van der Waals surface area contributed by atoms with E-state index in [4.69, 9.17) is 0 Å². The number of quaternary nitrogens is 1. The number of hydrogen-bond donors (Lipinski definition) is 2. The lowest BCUT2D eigenvalue weighted by Crippen LogP contribution is -3.17. The lowest BCUT2D eigenvalue weighted by Gasteiger charge is -2.32. The van der Waals surface area contributed by atoms with Crippen LogP contribution in [0, 0.1) is 11.7 Å². The fraction of sp³-hybridized carbons (Fsp3) is 0.500. The number of anilines is 1. The molecule has 3 amide bonds. The minimum atomic E-state index is -0.397. The number of amides is 3. The first-order valence-electron chi connectivity index (χ1n) is 8.67.